The molecule has 0 amide bonds. The van der Waals surface area contributed by atoms with Crippen LogP contribution in [0.3, 0.4) is 0 Å². The summed E-state index contributed by atoms with van der Waals surface area (Å²) in [6.45, 7) is 1.56. The zero-order valence-corrected chi connectivity index (χ0v) is 16.8. The van der Waals surface area contributed by atoms with Crippen LogP contribution in [0.25, 0.3) is 0 Å². The first kappa shape index (κ1) is 20.3. The second-order valence-electron chi connectivity index (χ2n) is 5.25. The summed E-state index contributed by atoms with van der Waals surface area (Å²) in [6, 6.07) is 10.2. The van der Waals surface area contributed by atoms with Crippen molar-refractivity contribution >= 4 is 29.9 Å². The predicted octanol–water partition coefficient (Wildman–Crippen LogP) is 2.34. The second-order valence-corrected chi connectivity index (χ2v) is 5.25. The van der Waals surface area contributed by atoms with Crippen LogP contribution in [0.4, 0.5) is 0 Å². The second kappa shape index (κ2) is 10.9. The van der Waals surface area contributed by atoms with Gasteiger partial charge < -0.3 is 15.4 Å². The molecule has 2 rings (SSSR count). The van der Waals surface area contributed by atoms with E-state index in [1.54, 1.807) is 20.4 Å². The van der Waals surface area contributed by atoms with Crippen molar-refractivity contribution in [1.82, 2.24) is 20.4 Å². The molecular weight excluding hydrogens is 417 g/mol. The Labute approximate surface area is 160 Å². The molecule has 1 heterocycles. The summed E-state index contributed by atoms with van der Waals surface area (Å²) in [6.07, 6.45) is 3.82. The summed E-state index contributed by atoms with van der Waals surface area (Å²) < 4.78 is 7.09. The molecule has 7 heteroatoms. The van der Waals surface area contributed by atoms with Crippen LogP contribution in [0.1, 0.15) is 17.7 Å². The average molecular weight is 443 g/mol. The number of halogens is 1. The zero-order chi connectivity index (χ0) is 16.5. The Morgan fingerprint density at radius 1 is 1.29 bits per heavy atom. The third-order valence-corrected chi connectivity index (χ3v) is 3.65. The van der Waals surface area contributed by atoms with Gasteiger partial charge in [-0.25, -0.2) is 0 Å². The van der Waals surface area contributed by atoms with E-state index in [2.05, 4.69) is 32.9 Å². The standard InChI is InChI=1S/C17H25N5O.HI/c1-18-17(20-13-15-9-11-21-22(15)2)19-10-5-7-14-6-4-8-16(12-14)23-3;/h4,6,8-9,11-12H,5,7,10,13H2,1-3H3,(H2,18,19,20);1H. The predicted molar refractivity (Wildman–Crippen MR) is 108 cm³/mol. The molecule has 1 aromatic carbocycles. The van der Waals surface area contributed by atoms with E-state index in [-0.39, 0.29) is 24.0 Å². The molecule has 24 heavy (non-hydrogen) atoms. The van der Waals surface area contributed by atoms with E-state index in [1.807, 2.05) is 29.9 Å². The molecule has 0 radical (unpaired) electrons. The zero-order valence-electron chi connectivity index (χ0n) is 14.5. The fraction of sp³-hybridized carbons (Fsp3) is 0.412. The number of aryl methyl sites for hydroxylation is 2. The Bertz CT molecular complexity index is 641. The van der Waals surface area contributed by atoms with Gasteiger partial charge in [-0.1, -0.05) is 12.1 Å². The number of benzene rings is 1. The molecule has 0 aliphatic carbocycles. The first-order chi connectivity index (χ1) is 11.2. The molecule has 0 fully saturated rings. The highest BCUT2D eigenvalue weighted by Crippen LogP contribution is 2.13. The molecule has 2 aromatic rings. The molecule has 6 nitrogen and oxygen atoms in total. The Balaban J connectivity index is 0.00000288. The number of hydrogen-bond acceptors (Lipinski definition) is 3. The van der Waals surface area contributed by atoms with Gasteiger partial charge in [-0.05, 0) is 36.6 Å². The largest absolute Gasteiger partial charge is 0.497 e. The molecule has 0 unspecified atom stereocenters. The first-order valence-corrected chi connectivity index (χ1v) is 7.77. The summed E-state index contributed by atoms with van der Waals surface area (Å²) in [5.74, 6) is 1.71. The van der Waals surface area contributed by atoms with E-state index < -0.39 is 0 Å². The Hall–Kier alpha value is -1.77. The van der Waals surface area contributed by atoms with Crippen LogP contribution in [0.15, 0.2) is 41.5 Å². The van der Waals surface area contributed by atoms with Gasteiger partial charge in [0, 0.05) is 26.8 Å². The van der Waals surface area contributed by atoms with Crippen molar-refractivity contribution in [3.8, 4) is 5.75 Å². The van der Waals surface area contributed by atoms with Gasteiger partial charge in [-0.2, -0.15) is 5.10 Å². The van der Waals surface area contributed by atoms with Crippen LogP contribution in [0, 0.1) is 0 Å². The van der Waals surface area contributed by atoms with E-state index >= 15 is 0 Å². The molecule has 0 aliphatic rings. The number of aliphatic imine (C=N–C) groups is 1. The number of aromatic nitrogens is 2. The molecule has 0 aliphatic heterocycles. The third-order valence-electron chi connectivity index (χ3n) is 3.65. The Kier molecular flexibility index (Phi) is 9.21. The van der Waals surface area contributed by atoms with Gasteiger partial charge in [0.2, 0.25) is 0 Å². The van der Waals surface area contributed by atoms with Crippen molar-refractivity contribution in [2.24, 2.45) is 12.0 Å². The highest BCUT2D eigenvalue weighted by Gasteiger charge is 2.01. The monoisotopic (exact) mass is 443 g/mol. The maximum atomic E-state index is 5.24. The van der Waals surface area contributed by atoms with Crippen LogP contribution in [0.5, 0.6) is 5.75 Å². The Morgan fingerprint density at radius 2 is 2.12 bits per heavy atom. The lowest BCUT2D eigenvalue weighted by atomic mass is 10.1. The van der Waals surface area contributed by atoms with Crippen LogP contribution in [-0.2, 0) is 20.0 Å². The fourth-order valence-corrected chi connectivity index (χ4v) is 2.30. The van der Waals surface area contributed by atoms with Gasteiger partial charge in [-0.15, -0.1) is 24.0 Å². The molecule has 0 saturated carbocycles. The summed E-state index contributed by atoms with van der Waals surface area (Å²) in [5, 5.41) is 10.8. The smallest absolute Gasteiger partial charge is 0.191 e. The maximum Gasteiger partial charge on any atom is 0.191 e. The molecular formula is C17H26IN5O. The first-order valence-electron chi connectivity index (χ1n) is 7.77. The quantitative estimate of drug-likeness (QED) is 0.299. The third kappa shape index (κ3) is 6.38. The molecule has 132 valence electrons. The van der Waals surface area contributed by atoms with Crippen LogP contribution in [-0.4, -0.2) is 36.4 Å². The van der Waals surface area contributed by atoms with Gasteiger partial charge in [0.15, 0.2) is 5.96 Å². The van der Waals surface area contributed by atoms with Crippen LogP contribution < -0.4 is 15.4 Å². The summed E-state index contributed by atoms with van der Waals surface area (Å²) in [5.41, 5.74) is 2.40. The molecule has 1 aromatic heterocycles. The fourth-order valence-electron chi connectivity index (χ4n) is 2.30. The van der Waals surface area contributed by atoms with E-state index in [0.717, 1.165) is 36.8 Å². The van der Waals surface area contributed by atoms with E-state index in [0.29, 0.717) is 6.54 Å². The lowest BCUT2D eigenvalue weighted by Crippen LogP contribution is -2.37. The van der Waals surface area contributed by atoms with Crippen molar-refractivity contribution in [1.29, 1.82) is 0 Å². The minimum Gasteiger partial charge on any atom is -0.497 e. The lowest BCUT2D eigenvalue weighted by molar-refractivity contribution is 0.414. The van der Waals surface area contributed by atoms with Crippen molar-refractivity contribution in [3.05, 3.63) is 47.8 Å². The Morgan fingerprint density at radius 3 is 2.79 bits per heavy atom. The molecule has 0 atom stereocenters. The number of rotatable bonds is 7. The average Bonchev–Trinajstić information content (AvgIpc) is 2.99. The SMILES string of the molecule is CN=C(NCCCc1cccc(OC)c1)NCc1ccnn1C.I. The maximum absolute atomic E-state index is 5.24. The highest BCUT2D eigenvalue weighted by atomic mass is 127. The van der Waals surface area contributed by atoms with Crippen LogP contribution in [0.2, 0.25) is 0 Å². The number of nitrogens with one attached hydrogen (secondary N) is 2. The topological polar surface area (TPSA) is 63.5 Å². The number of ether oxygens (including phenoxy) is 1. The van der Waals surface area contributed by atoms with E-state index in [9.17, 15) is 0 Å². The van der Waals surface area contributed by atoms with Crippen molar-refractivity contribution in [2.45, 2.75) is 19.4 Å². The van der Waals surface area contributed by atoms with Crippen molar-refractivity contribution < 1.29 is 4.74 Å². The highest BCUT2D eigenvalue weighted by molar-refractivity contribution is 14.0. The van der Waals surface area contributed by atoms with Crippen molar-refractivity contribution in [2.75, 3.05) is 20.7 Å². The van der Waals surface area contributed by atoms with Gasteiger partial charge in [0.05, 0.1) is 19.3 Å². The lowest BCUT2D eigenvalue weighted by Gasteiger charge is -2.12. The number of nitrogens with zero attached hydrogens (tertiary/aromatic N) is 3. The van der Waals surface area contributed by atoms with Gasteiger partial charge >= 0.3 is 0 Å². The number of guanidine groups is 1. The summed E-state index contributed by atoms with van der Waals surface area (Å²) in [4.78, 5) is 4.23. The molecule has 2 N–H and O–H groups in total. The van der Waals surface area contributed by atoms with Gasteiger partial charge in [0.1, 0.15) is 5.75 Å². The van der Waals surface area contributed by atoms with E-state index in [4.69, 9.17) is 4.74 Å². The minimum absolute atomic E-state index is 0. The number of hydrogen-bond donors (Lipinski definition) is 2. The molecule has 0 bridgehead atoms. The van der Waals surface area contributed by atoms with Crippen LogP contribution >= 0.6 is 24.0 Å². The summed E-state index contributed by atoms with van der Waals surface area (Å²) in [7, 11) is 5.40. The number of methoxy groups -OCH3 is 1. The summed E-state index contributed by atoms with van der Waals surface area (Å²) >= 11 is 0. The molecule has 0 saturated heterocycles. The normalized spacial score (nSPS) is 10.9. The molecule has 0 spiro atoms. The minimum atomic E-state index is 0. The van der Waals surface area contributed by atoms with Gasteiger partial charge in [-0.3, -0.25) is 9.67 Å². The van der Waals surface area contributed by atoms with E-state index in [1.165, 1.54) is 5.56 Å². The van der Waals surface area contributed by atoms with Gasteiger partial charge in [0.25, 0.3) is 0 Å². The van der Waals surface area contributed by atoms with Crippen molar-refractivity contribution in [3.63, 3.8) is 0 Å².